The summed E-state index contributed by atoms with van der Waals surface area (Å²) in [6, 6.07) is 8.49. The highest BCUT2D eigenvalue weighted by molar-refractivity contribution is 5.94. The Balaban J connectivity index is 1.67. The molecule has 1 atom stereocenters. The van der Waals surface area contributed by atoms with E-state index in [1.807, 2.05) is 0 Å². The molecule has 7 heteroatoms. The summed E-state index contributed by atoms with van der Waals surface area (Å²) in [5.41, 5.74) is 0.401. The highest BCUT2D eigenvalue weighted by atomic mass is 19.4. The first-order valence-corrected chi connectivity index (χ1v) is 7.90. The third-order valence-electron chi connectivity index (χ3n) is 4.07. The fourth-order valence-corrected chi connectivity index (χ4v) is 2.84. The average Bonchev–Trinajstić information content (AvgIpc) is 2.61. The van der Waals surface area contributed by atoms with Crippen molar-refractivity contribution in [3.63, 3.8) is 0 Å². The van der Waals surface area contributed by atoms with E-state index < -0.39 is 11.7 Å². The number of hydrogen-bond donors (Lipinski definition) is 0. The molecule has 1 aliphatic rings. The van der Waals surface area contributed by atoms with Crippen LogP contribution in [0.1, 0.15) is 21.5 Å². The molecular formula is C18H17F3N2O2. The molecule has 1 aromatic heterocycles. The van der Waals surface area contributed by atoms with Gasteiger partial charge in [0.2, 0.25) is 0 Å². The number of rotatable bonds is 3. The van der Waals surface area contributed by atoms with Gasteiger partial charge in [-0.25, -0.2) is 0 Å². The zero-order valence-corrected chi connectivity index (χ0v) is 13.4. The van der Waals surface area contributed by atoms with Crippen LogP contribution in [0.15, 0.2) is 48.8 Å². The van der Waals surface area contributed by atoms with E-state index in [4.69, 9.17) is 4.74 Å². The lowest BCUT2D eigenvalue weighted by molar-refractivity contribution is -0.137. The standard InChI is InChI=1S/C18H17F3N2O2/c19-18(20,21)15-3-1-2-13(10-15)11-16-12-23(8-9-25-16)17(24)14-4-6-22-7-5-14/h1-7,10,16H,8-9,11-12H2. The molecule has 2 heterocycles. The molecule has 132 valence electrons. The van der Waals surface area contributed by atoms with Crippen molar-refractivity contribution in [2.45, 2.75) is 18.7 Å². The lowest BCUT2D eigenvalue weighted by atomic mass is 10.0. The van der Waals surface area contributed by atoms with Crippen molar-refractivity contribution < 1.29 is 22.7 Å². The van der Waals surface area contributed by atoms with Crippen LogP contribution in [-0.2, 0) is 17.3 Å². The third-order valence-corrected chi connectivity index (χ3v) is 4.07. The number of alkyl halides is 3. The lowest BCUT2D eigenvalue weighted by Crippen LogP contribution is -2.46. The zero-order chi connectivity index (χ0) is 17.9. The van der Waals surface area contributed by atoms with Crippen molar-refractivity contribution in [2.75, 3.05) is 19.7 Å². The second-order valence-electron chi connectivity index (χ2n) is 5.88. The smallest absolute Gasteiger partial charge is 0.374 e. The molecule has 0 spiro atoms. The van der Waals surface area contributed by atoms with Crippen LogP contribution in [0.25, 0.3) is 0 Å². The van der Waals surface area contributed by atoms with Crippen LogP contribution in [0.5, 0.6) is 0 Å². The van der Waals surface area contributed by atoms with Gasteiger partial charge in [0.15, 0.2) is 0 Å². The Bertz CT molecular complexity index is 735. The van der Waals surface area contributed by atoms with Gasteiger partial charge in [-0.3, -0.25) is 9.78 Å². The van der Waals surface area contributed by atoms with E-state index in [0.717, 1.165) is 12.1 Å². The summed E-state index contributed by atoms with van der Waals surface area (Å²) in [4.78, 5) is 18.0. The summed E-state index contributed by atoms with van der Waals surface area (Å²) in [5, 5.41) is 0. The number of carbonyl (C=O) groups excluding carboxylic acids is 1. The molecule has 1 fully saturated rings. The maximum atomic E-state index is 12.8. The van der Waals surface area contributed by atoms with Crippen molar-refractivity contribution >= 4 is 5.91 Å². The molecule has 1 amide bonds. The molecule has 2 aromatic rings. The fourth-order valence-electron chi connectivity index (χ4n) is 2.84. The normalized spacial score (nSPS) is 18.2. The first-order chi connectivity index (χ1) is 11.9. The number of aromatic nitrogens is 1. The second-order valence-corrected chi connectivity index (χ2v) is 5.88. The van der Waals surface area contributed by atoms with Crippen LogP contribution < -0.4 is 0 Å². The minimum absolute atomic E-state index is 0.125. The van der Waals surface area contributed by atoms with Gasteiger partial charge in [-0.05, 0) is 23.8 Å². The SMILES string of the molecule is O=C(c1ccncc1)N1CCOC(Cc2cccc(C(F)(F)F)c2)C1. The topological polar surface area (TPSA) is 42.4 Å². The number of hydrogen-bond acceptors (Lipinski definition) is 3. The predicted octanol–water partition coefficient (Wildman–Crippen LogP) is 3.18. The van der Waals surface area contributed by atoms with Crippen LogP contribution in [0.4, 0.5) is 13.2 Å². The van der Waals surface area contributed by atoms with E-state index >= 15 is 0 Å². The summed E-state index contributed by atoms with van der Waals surface area (Å²) in [6.45, 7) is 1.16. The van der Waals surface area contributed by atoms with Gasteiger partial charge in [0, 0.05) is 37.5 Å². The summed E-state index contributed by atoms with van der Waals surface area (Å²) in [6.07, 6.45) is -1.28. The molecule has 0 saturated carbocycles. The Kier molecular flexibility index (Phi) is 5.03. The Morgan fingerprint density at radius 2 is 2.00 bits per heavy atom. The number of ether oxygens (including phenoxy) is 1. The van der Waals surface area contributed by atoms with E-state index in [1.165, 1.54) is 6.07 Å². The van der Waals surface area contributed by atoms with Crippen LogP contribution in [-0.4, -0.2) is 41.6 Å². The quantitative estimate of drug-likeness (QED) is 0.854. The minimum atomic E-state index is -4.37. The number of nitrogens with zero attached hydrogens (tertiary/aromatic N) is 2. The van der Waals surface area contributed by atoms with Crippen LogP contribution in [0.2, 0.25) is 0 Å². The van der Waals surface area contributed by atoms with Gasteiger partial charge in [-0.1, -0.05) is 18.2 Å². The van der Waals surface area contributed by atoms with Crippen molar-refractivity contribution in [1.82, 2.24) is 9.88 Å². The second kappa shape index (κ2) is 7.23. The van der Waals surface area contributed by atoms with Gasteiger partial charge < -0.3 is 9.64 Å². The molecule has 0 aliphatic carbocycles. The molecule has 4 nitrogen and oxygen atoms in total. The van der Waals surface area contributed by atoms with E-state index in [9.17, 15) is 18.0 Å². The van der Waals surface area contributed by atoms with Crippen molar-refractivity contribution in [3.05, 3.63) is 65.5 Å². The first kappa shape index (κ1) is 17.4. The van der Waals surface area contributed by atoms with E-state index in [0.29, 0.717) is 37.2 Å². The Hall–Kier alpha value is -2.41. The monoisotopic (exact) mass is 350 g/mol. The molecule has 1 unspecified atom stereocenters. The van der Waals surface area contributed by atoms with Crippen molar-refractivity contribution in [3.8, 4) is 0 Å². The number of benzene rings is 1. The number of pyridine rings is 1. The van der Waals surface area contributed by atoms with Crippen LogP contribution >= 0.6 is 0 Å². The maximum absolute atomic E-state index is 12.8. The van der Waals surface area contributed by atoms with E-state index in [1.54, 1.807) is 35.5 Å². The molecule has 3 rings (SSSR count). The Morgan fingerprint density at radius 3 is 2.72 bits per heavy atom. The van der Waals surface area contributed by atoms with Gasteiger partial charge in [0.25, 0.3) is 5.91 Å². The highest BCUT2D eigenvalue weighted by Crippen LogP contribution is 2.30. The number of morpholine rings is 1. The first-order valence-electron chi connectivity index (χ1n) is 7.90. The van der Waals surface area contributed by atoms with Crippen LogP contribution in [0, 0.1) is 0 Å². The summed E-state index contributed by atoms with van der Waals surface area (Å²) < 4.78 is 44.1. The highest BCUT2D eigenvalue weighted by Gasteiger charge is 2.31. The zero-order valence-electron chi connectivity index (χ0n) is 13.4. The van der Waals surface area contributed by atoms with Gasteiger partial charge in [-0.2, -0.15) is 13.2 Å². The van der Waals surface area contributed by atoms with Gasteiger partial charge in [-0.15, -0.1) is 0 Å². The summed E-state index contributed by atoms with van der Waals surface area (Å²) >= 11 is 0. The number of amides is 1. The largest absolute Gasteiger partial charge is 0.416 e. The molecule has 0 radical (unpaired) electrons. The third kappa shape index (κ3) is 4.36. The van der Waals surface area contributed by atoms with Gasteiger partial charge in [0.1, 0.15) is 0 Å². The molecule has 1 aliphatic heterocycles. The molecule has 0 bridgehead atoms. The van der Waals surface area contributed by atoms with Crippen molar-refractivity contribution in [1.29, 1.82) is 0 Å². The lowest BCUT2D eigenvalue weighted by Gasteiger charge is -2.33. The molecule has 25 heavy (non-hydrogen) atoms. The summed E-state index contributed by atoms with van der Waals surface area (Å²) in [7, 11) is 0. The maximum Gasteiger partial charge on any atom is 0.416 e. The number of carbonyl (C=O) groups is 1. The molecule has 0 N–H and O–H groups in total. The molecule has 1 saturated heterocycles. The summed E-state index contributed by atoms with van der Waals surface area (Å²) in [5.74, 6) is -0.125. The van der Waals surface area contributed by atoms with Crippen molar-refractivity contribution in [2.24, 2.45) is 0 Å². The number of halogens is 3. The van der Waals surface area contributed by atoms with E-state index in [2.05, 4.69) is 4.98 Å². The van der Waals surface area contributed by atoms with Gasteiger partial charge >= 0.3 is 6.18 Å². The molecular weight excluding hydrogens is 333 g/mol. The Morgan fingerprint density at radius 1 is 1.24 bits per heavy atom. The van der Waals surface area contributed by atoms with E-state index in [-0.39, 0.29) is 12.0 Å². The van der Waals surface area contributed by atoms with Gasteiger partial charge in [0.05, 0.1) is 18.3 Å². The predicted molar refractivity (Wildman–Crippen MR) is 85.0 cm³/mol. The average molecular weight is 350 g/mol. The fraction of sp³-hybridized carbons (Fsp3) is 0.333. The molecule has 1 aromatic carbocycles. The van der Waals surface area contributed by atoms with Crippen LogP contribution in [0.3, 0.4) is 0 Å². The minimum Gasteiger partial charge on any atom is -0.374 e. The Labute approximate surface area is 143 Å².